The van der Waals surface area contributed by atoms with E-state index in [0.29, 0.717) is 22.8 Å². The van der Waals surface area contributed by atoms with Crippen LogP contribution in [0.3, 0.4) is 0 Å². The SMILES string of the molecule is CCOC(=O)/C(C#N)=C/c1ccc(OCC(=O)Oc2ccccc2)c(OC)c1. The molecule has 2 aromatic rings. The average molecular weight is 381 g/mol. The first kappa shape index (κ1) is 20.5. The summed E-state index contributed by atoms with van der Waals surface area (Å²) in [6.07, 6.45) is 1.38. The number of ether oxygens (including phenoxy) is 4. The number of hydrogen-bond donors (Lipinski definition) is 0. The van der Waals surface area contributed by atoms with Crippen molar-refractivity contribution in [1.29, 1.82) is 5.26 Å². The lowest BCUT2D eigenvalue weighted by Crippen LogP contribution is -2.17. The van der Waals surface area contributed by atoms with Crippen LogP contribution in [0, 0.1) is 11.3 Å². The van der Waals surface area contributed by atoms with Crippen LogP contribution in [0.25, 0.3) is 6.08 Å². The molecule has 0 spiro atoms. The molecule has 0 radical (unpaired) electrons. The van der Waals surface area contributed by atoms with Gasteiger partial charge < -0.3 is 18.9 Å². The highest BCUT2D eigenvalue weighted by molar-refractivity contribution is 5.97. The minimum atomic E-state index is -0.701. The summed E-state index contributed by atoms with van der Waals surface area (Å²) < 4.78 is 20.7. The topological polar surface area (TPSA) is 94.9 Å². The fraction of sp³-hybridized carbons (Fsp3) is 0.190. The van der Waals surface area contributed by atoms with Gasteiger partial charge in [0.1, 0.15) is 17.4 Å². The largest absolute Gasteiger partial charge is 0.493 e. The van der Waals surface area contributed by atoms with Crippen molar-refractivity contribution < 1.29 is 28.5 Å². The van der Waals surface area contributed by atoms with Crippen molar-refractivity contribution in [3.8, 4) is 23.3 Å². The number of carbonyl (C=O) groups is 2. The summed E-state index contributed by atoms with van der Waals surface area (Å²) in [4.78, 5) is 23.6. The standard InChI is InChI=1S/C21H19NO6/c1-3-26-21(24)16(13-22)11-15-9-10-18(19(12-15)25-2)27-14-20(23)28-17-7-5-4-6-8-17/h4-12H,3,14H2,1-2H3/b16-11+. The number of esters is 2. The van der Waals surface area contributed by atoms with E-state index in [0.717, 1.165) is 0 Å². The number of carbonyl (C=O) groups excluding carboxylic acids is 2. The second kappa shape index (κ2) is 10.4. The Morgan fingerprint density at radius 3 is 2.50 bits per heavy atom. The number of benzene rings is 2. The molecule has 2 rings (SSSR count). The summed E-state index contributed by atoms with van der Waals surface area (Å²) >= 11 is 0. The van der Waals surface area contributed by atoms with Crippen LogP contribution in [0.4, 0.5) is 0 Å². The third-order valence-electron chi connectivity index (χ3n) is 3.43. The third kappa shape index (κ3) is 5.88. The lowest BCUT2D eigenvalue weighted by Gasteiger charge is -2.11. The van der Waals surface area contributed by atoms with Crippen LogP contribution in [-0.2, 0) is 14.3 Å². The molecule has 0 bridgehead atoms. The molecule has 0 saturated heterocycles. The van der Waals surface area contributed by atoms with Gasteiger partial charge in [0.15, 0.2) is 18.1 Å². The first-order chi connectivity index (χ1) is 13.6. The fourth-order valence-corrected chi connectivity index (χ4v) is 2.19. The molecule has 0 aliphatic rings. The van der Waals surface area contributed by atoms with Gasteiger partial charge in [-0.15, -0.1) is 0 Å². The normalized spacial score (nSPS) is 10.5. The molecule has 0 aliphatic carbocycles. The van der Waals surface area contributed by atoms with Gasteiger partial charge in [-0.25, -0.2) is 9.59 Å². The molecule has 2 aromatic carbocycles. The highest BCUT2D eigenvalue weighted by Crippen LogP contribution is 2.29. The maximum Gasteiger partial charge on any atom is 0.349 e. The van der Waals surface area contributed by atoms with E-state index in [9.17, 15) is 9.59 Å². The monoisotopic (exact) mass is 381 g/mol. The minimum Gasteiger partial charge on any atom is -0.493 e. The van der Waals surface area contributed by atoms with Gasteiger partial charge in [0, 0.05) is 0 Å². The van der Waals surface area contributed by atoms with Crippen molar-refractivity contribution in [2.24, 2.45) is 0 Å². The number of nitrogens with zero attached hydrogens (tertiary/aromatic N) is 1. The Labute approximate surface area is 162 Å². The van der Waals surface area contributed by atoms with Gasteiger partial charge in [-0.3, -0.25) is 0 Å². The Bertz CT molecular complexity index is 899. The van der Waals surface area contributed by atoms with E-state index in [1.165, 1.54) is 13.2 Å². The van der Waals surface area contributed by atoms with E-state index < -0.39 is 11.9 Å². The van der Waals surface area contributed by atoms with Gasteiger partial charge in [-0.05, 0) is 42.8 Å². The third-order valence-corrected chi connectivity index (χ3v) is 3.43. The Hall–Kier alpha value is -3.79. The zero-order valence-electron chi connectivity index (χ0n) is 15.5. The van der Waals surface area contributed by atoms with Crippen molar-refractivity contribution in [2.45, 2.75) is 6.92 Å². The number of nitriles is 1. The molecule has 7 heteroatoms. The Kier molecular flexibility index (Phi) is 7.61. The molecule has 0 amide bonds. The lowest BCUT2D eigenvalue weighted by molar-refractivity contribution is -0.138. The fourth-order valence-electron chi connectivity index (χ4n) is 2.19. The smallest absolute Gasteiger partial charge is 0.349 e. The first-order valence-electron chi connectivity index (χ1n) is 8.42. The van der Waals surface area contributed by atoms with E-state index >= 15 is 0 Å². The second-order valence-corrected chi connectivity index (χ2v) is 5.38. The Morgan fingerprint density at radius 1 is 1.11 bits per heavy atom. The molecule has 0 unspecified atom stereocenters. The molecule has 0 aromatic heterocycles. The maximum absolute atomic E-state index is 11.9. The van der Waals surface area contributed by atoms with Crippen LogP contribution < -0.4 is 14.2 Å². The molecule has 0 heterocycles. The summed E-state index contributed by atoms with van der Waals surface area (Å²) in [7, 11) is 1.44. The van der Waals surface area contributed by atoms with Crippen molar-refractivity contribution >= 4 is 18.0 Å². The lowest BCUT2D eigenvalue weighted by atomic mass is 10.1. The molecule has 0 saturated carbocycles. The van der Waals surface area contributed by atoms with Gasteiger partial charge in [0.25, 0.3) is 0 Å². The predicted molar refractivity (Wildman–Crippen MR) is 101 cm³/mol. The average Bonchev–Trinajstić information content (AvgIpc) is 2.71. The van der Waals surface area contributed by atoms with Gasteiger partial charge >= 0.3 is 11.9 Å². The van der Waals surface area contributed by atoms with Gasteiger partial charge in [0.2, 0.25) is 0 Å². The Balaban J connectivity index is 2.07. The van der Waals surface area contributed by atoms with E-state index in [4.69, 9.17) is 24.2 Å². The number of para-hydroxylation sites is 1. The van der Waals surface area contributed by atoms with E-state index in [1.807, 2.05) is 6.07 Å². The summed E-state index contributed by atoms with van der Waals surface area (Å²) in [5, 5.41) is 9.11. The van der Waals surface area contributed by atoms with E-state index in [-0.39, 0.29) is 18.8 Å². The van der Waals surface area contributed by atoms with Crippen LogP contribution in [-0.4, -0.2) is 32.3 Å². The summed E-state index contributed by atoms with van der Waals surface area (Å²) in [6.45, 7) is 1.52. The quantitative estimate of drug-likeness (QED) is 0.300. The number of rotatable bonds is 8. The minimum absolute atomic E-state index is 0.135. The second-order valence-electron chi connectivity index (χ2n) is 5.38. The number of hydrogen-bond acceptors (Lipinski definition) is 7. The van der Waals surface area contributed by atoms with Crippen LogP contribution in [0.5, 0.6) is 17.2 Å². The Morgan fingerprint density at radius 2 is 1.86 bits per heavy atom. The molecule has 28 heavy (non-hydrogen) atoms. The predicted octanol–water partition coefficient (Wildman–Crippen LogP) is 3.15. The maximum atomic E-state index is 11.9. The molecule has 0 fully saturated rings. The highest BCUT2D eigenvalue weighted by Gasteiger charge is 2.13. The highest BCUT2D eigenvalue weighted by atomic mass is 16.6. The molecule has 144 valence electrons. The van der Waals surface area contributed by atoms with Crippen molar-refractivity contribution in [1.82, 2.24) is 0 Å². The van der Waals surface area contributed by atoms with Gasteiger partial charge in [0.05, 0.1) is 13.7 Å². The summed E-state index contributed by atoms with van der Waals surface area (Å²) in [5.41, 5.74) is 0.407. The molecule has 0 N–H and O–H groups in total. The van der Waals surface area contributed by atoms with E-state index in [1.54, 1.807) is 55.5 Å². The zero-order valence-corrected chi connectivity index (χ0v) is 15.5. The van der Waals surface area contributed by atoms with Gasteiger partial charge in [-0.2, -0.15) is 5.26 Å². The van der Waals surface area contributed by atoms with Gasteiger partial charge in [-0.1, -0.05) is 24.3 Å². The summed E-state index contributed by atoms with van der Waals surface area (Å²) in [6, 6.07) is 15.2. The van der Waals surface area contributed by atoms with E-state index in [2.05, 4.69) is 0 Å². The van der Waals surface area contributed by atoms with Crippen LogP contribution in [0.15, 0.2) is 54.1 Å². The molecular formula is C21H19NO6. The molecular weight excluding hydrogens is 362 g/mol. The first-order valence-corrected chi connectivity index (χ1v) is 8.42. The van der Waals surface area contributed by atoms with Crippen LogP contribution in [0.1, 0.15) is 12.5 Å². The number of methoxy groups -OCH3 is 1. The van der Waals surface area contributed by atoms with Crippen molar-refractivity contribution in [2.75, 3.05) is 20.3 Å². The molecule has 0 aliphatic heterocycles. The van der Waals surface area contributed by atoms with Crippen LogP contribution >= 0.6 is 0 Å². The zero-order chi connectivity index (χ0) is 20.4. The van der Waals surface area contributed by atoms with Crippen molar-refractivity contribution in [3.05, 3.63) is 59.7 Å². The molecule has 7 nitrogen and oxygen atoms in total. The van der Waals surface area contributed by atoms with Crippen LogP contribution in [0.2, 0.25) is 0 Å². The molecule has 0 atom stereocenters. The van der Waals surface area contributed by atoms with Crippen molar-refractivity contribution in [3.63, 3.8) is 0 Å². The summed E-state index contributed by atoms with van der Waals surface area (Å²) in [5.74, 6) is -0.187.